The molecule has 2 aromatic rings. The predicted octanol–water partition coefficient (Wildman–Crippen LogP) is 3.65. The molecule has 0 spiro atoms. The number of nitrogens with zero attached hydrogens (tertiary/aromatic N) is 3. The van der Waals surface area contributed by atoms with Crippen molar-refractivity contribution in [2.24, 2.45) is 0 Å². The molecule has 0 atom stereocenters. The second-order valence-corrected chi connectivity index (χ2v) is 6.09. The van der Waals surface area contributed by atoms with Crippen molar-refractivity contribution in [3.05, 3.63) is 53.1 Å². The van der Waals surface area contributed by atoms with Gasteiger partial charge in [0, 0.05) is 31.1 Å². The van der Waals surface area contributed by atoms with Gasteiger partial charge >= 0.3 is 0 Å². The SMILES string of the molecule is CCC(=O)c1ccc(Oc2cc(C#N)c(C#N)cc2N2CCOCC2)cc1. The Labute approximate surface area is 158 Å². The molecular weight excluding hydrogens is 342 g/mol. The number of ketones is 1. The maximum atomic E-state index is 11.8. The van der Waals surface area contributed by atoms with Crippen molar-refractivity contribution in [2.75, 3.05) is 31.2 Å². The number of anilines is 1. The van der Waals surface area contributed by atoms with Crippen LogP contribution in [-0.2, 0) is 4.74 Å². The molecule has 6 nitrogen and oxygen atoms in total. The van der Waals surface area contributed by atoms with Crippen LogP contribution in [0.5, 0.6) is 11.5 Å². The Kier molecular flexibility index (Phi) is 5.71. The van der Waals surface area contributed by atoms with E-state index in [1.54, 1.807) is 36.4 Å². The largest absolute Gasteiger partial charge is 0.455 e. The molecule has 27 heavy (non-hydrogen) atoms. The van der Waals surface area contributed by atoms with E-state index in [1.807, 2.05) is 13.0 Å². The summed E-state index contributed by atoms with van der Waals surface area (Å²) in [5, 5.41) is 18.7. The number of hydrogen-bond acceptors (Lipinski definition) is 6. The van der Waals surface area contributed by atoms with Gasteiger partial charge in [-0.15, -0.1) is 0 Å². The van der Waals surface area contributed by atoms with E-state index in [0.717, 1.165) is 5.69 Å². The number of nitriles is 2. The molecule has 136 valence electrons. The molecule has 3 rings (SSSR count). The van der Waals surface area contributed by atoms with Gasteiger partial charge in [-0.05, 0) is 30.3 Å². The van der Waals surface area contributed by atoms with Crippen LogP contribution in [0.25, 0.3) is 0 Å². The zero-order chi connectivity index (χ0) is 19.2. The first-order valence-corrected chi connectivity index (χ1v) is 8.78. The van der Waals surface area contributed by atoms with Crippen LogP contribution in [0, 0.1) is 22.7 Å². The summed E-state index contributed by atoms with van der Waals surface area (Å²) in [6.07, 6.45) is 0.447. The van der Waals surface area contributed by atoms with Gasteiger partial charge in [0.15, 0.2) is 11.5 Å². The third kappa shape index (κ3) is 4.08. The molecule has 1 saturated heterocycles. The first kappa shape index (κ1) is 18.4. The van der Waals surface area contributed by atoms with Gasteiger partial charge in [0.2, 0.25) is 0 Å². The highest BCUT2D eigenvalue weighted by atomic mass is 16.5. The second-order valence-electron chi connectivity index (χ2n) is 6.09. The molecule has 6 heteroatoms. The summed E-state index contributed by atoms with van der Waals surface area (Å²) in [7, 11) is 0. The Morgan fingerprint density at radius 3 is 2.33 bits per heavy atom. The Hall–Kier alpha value is -3.35. The first-order chi connectivity index (χ1) is 13.2. The Morgan fingerprint density at radius 1 is 1.11 bits per heavy atom. The average molecular weight is 361 g/mol. The smallest absolute Gasteiger partial charge is 0.162 e. The number of carbonyl (C=O) groups excluding carboxylic acids is 1. The first-order valence-electron chi connectivity index (χ1n) is 8.78. The summed E-state index contributed by atoms with van der Waals surface area (Å²) in [5.74, 6) is 1.13. The highest BCUT2D eigenvalue weighted by Crippen LogP contribution is 2.35. The van der Waals surface area contributed by atoms with Crippen molar-refractivity contribution in [1.29, 1.82) is 10.5 Å². The number of carbonyl (C=O) groups is 1. The number of hydrogen-bond donors (Lipinski definition) is 0. The van der Waals surface area contributed by atoms with E-state index < -0.39 is 0 Å². The van der Waals surface area contributed by atoms with E-state index in [1.165, 1.54) is 0 Å². The van der Waals surface area contributed by atoms with Gasteiger partial charge in [-0.2, -0.15) is 10.5 Å². The van der Waals surface area contributed by atoms with Gasteiger partial charge in [0.1, 0.15) is 17.9 Å². The summed E-state index contributed by atoms with van der Waals surface area (Å²) in [6, 6.07) is 14.3. The third-order valence-corrected chi connectivity index (χ3v) is 4.42. The summed E-state index contributed by atoms with van der Waals surface area (Å²) in [4.78, 5) is 13.9. The van der Waals surface area contributed by atoms with Gasteiger partial charge in [0.25, 0.3) is 0 Å². The van der Waals surface area contributed by atoms with Crippen molar-refractivity contribution >= 4 is 11.5 Å². The predicted molar refractivity (Wildman–Crippen MR) is 100 cm³/mol. The minimum atomic E-state index is 0.0701. The lowest BCUT2D eigenvalue weighted by atomic mass is 10.1. The lowest BCUT2D eigenvalue weighted by Crippen LogP contribution is -2.36. The summed E-state index contributed by atoms with van der Waals surface area (Å²) >= 11 is 0. The lowest BCUT2D eigenvalue weighted by Gasteiger charge is -2.30. The molecule has 1 fully saturated rings. The molecule has 0 saturated carbocycles. The van der Waals surface area contributed by atoms with Gasteiger partial charge in [-0.1, -0.05) is 6.92 Å². The fraction of sp³-hybridized carbons (Fsp3) is 0.286. The topological polar surface area (TPSA) is 86.3 Å². The minimum Gasteiger partial charge on any atom is -0.455 e. The number of rotatable bonds is 5. The number of morpholine rings is 1. The Morgan fingerprint density at radius 2 is 1.74 bits per heavy atom. The zero-order valence-corrected chi connectivity index (χ0v) is 15.1. The molecule has 0 unspecified atom stereocenters. The minimum absolute atomic E-state index is 0.0701. The van der Waals surface area contributed by atoms with Crippen LogP contribution < -0.4 is 9.64 Å². The van der Waals surface area contributed by atoms with E-state index in [4.69, 9.17) is 9.47 Å². The van der Waals surface area contributed by atoms with Crippen LogP contribution in [0.4, 0.5) is 5.69 Å². The molecule has 0 radical (unpaired) electrons. The summed E-state index contributed by atoms with van der Waals surface area (Å²) in [5.41, 5.74) is 1.97. The molecule has 0 amide bonds. The second kappa shape index (κ2) is 8.35. The van der Waals surface area contributed by atoms with Crippen LogP contribution in [0.15, 0.2) is 36.4 Å². The lowest BCUT2D eigenvalue weighted by molar-refractivity contribution is 0.0988. The molecule has 0 aliphatic carbocycles. The van der Waals surface area contributed by atoms with Crippen LogP contribution in [0.2, 0.25) is 0 Å². The maximum absolute atomic E-state index is 11.8. The van der Waals surface area contributed by atoms with Crippen molar-refractivity contribution in [2.45, 2.75) is 13.3 Å². The fourth-order valence-corrected chi connectivity index (χ4v) is 2.93. The van der Waals surface area contributed by atoms with Crippen molar-refractivity contribution in [3.63, 3.8) is 0 Å². The van der Waals surface area contributed by atoms with Crippen molar-refractivity contribution < 1.29 is 14.3 Å². The highest BCUT2D eigenvalue weighted by Gasteiger charge is 2.19. The number of Topliss-reactive ketones (excluding diaryl/α,β-unsaturated/α-hetero) is 1. The van der Waals surface area contributed by atoms with Gasteiger partial charge in [-0.3, -0.25) is 4.79 Å². The standard InChI is InChI=1S/C21H19N3O3/c1-2-20(25)15-3-5-18(6-4-15)27-21-12-17(14-23)16(13-22)11-19(21)24-7-9-26-10-8-24/h3-6,11-12H,2,7-10H2,1H3. The molecule has 2 aromatic carbocycles. The molecular formula is C21H19N3O3. The van der Waals surface area contributed by atoms with Crippen molar-refractivity contribution in [1.82, 2.24) is 0 Å². The van der Waals surface area contributed by atoms with Crippen LogP contribution >= 0.6 is 0 Å². The highest BCUT2D eigenvalue weighted by molar-refractivity contribution is 5.95. The monoisotopic (exact) mass is 361 g/mol. The Bertz CT molecular complexity index is 917. The van der Waals surface area contributed by atoms with Crippen LogP contribution in [0.1, 0.15) is 34.8 Å². The van der Waals surface area contributed by atoms with Crippen molar-refractivity contribution in [3.8, 4) is 23.6 Å². The molecule has 1 aliphatic heterocycles. The van der Waals surface area contributed by atoms with Crippen LogP contribution in [-0.4, -0.2) is 32.1 Å². The molecule has 0 aromatic heterocycles. The van der Waals surface area contributed by atoms with Gasteiger partial charge in [-0.25, -0.2) is 0 Å². The number of ether oxygens (including phenoxy) is 2. The molecule has 1 heterocycles. The molecule has 0 bridgehead atoms. The zero-order valence-electron chi connectivity index (χ0n) is 15.1. The normalized spacial score (nSPS) is 13.5. The van der Waals surface area contributed by atoms with Gasteiger partial charge in [0.05, 0.1) is 30.0 Å². The fourth-order valence-electron chi connectivity index (χ4n) is 2.93. The third-order valence-electron chi connectivity index (χ3n) is 4.42. The summed E-state index contributed by atoms with van der Waals surface area (Å²) in [6.45, 7) is 4.36. The van der Waals surface area contributed by atoms with E-state index in [0.29, 0.717) is 55.4 Å². The summed E-state index contributed by atoms with van der Waals surface area (Å²) < 4.78 is 11.4. The van der Waals surface area contributed by atoms with Gasteiger partial charge < -0.3 is 14.4 Å². The molecule has 1 aliphatic rings. The van der Waals surface area contributed by atoms with E-state index >= 15 is 0 Å². The van der Waals surface area contributed by atoms with E-state index in [2.05, 4.69) is 11.0 Å². The maximum Gasteiger partial charge on any atom is 0.162 e. The average Bonchev–Trinajstić information content (AvgIpc) is 2.74. The quantitative estimate of drug-likeness (QED) is 0.756. The van der Waals surface area contributed by atoms with E-state index in [-0.39, 0.29) is 11.3 Å². The Balaban J connectivity index is 1.96. The van der Waals surface area contributed by atoms with Crippen LogP contribution in [0.3, 0.4) is 0 Å². The number of benzene rings is 2. The van der Waals surface area contributed by atoms with E-state index in [9.17, 15) is 15.3 Å². The molecule has 0 N–H and O–H groups in total.